The number of nitrogens with one attached hydrogen (secondary N) is 2. The van der Waals surface area contributed by atoms with Crippen LogP contribution in [0.1, 0.15) is 5.56 Å². The molecule has 1 saturated heterocycles. The zero-order valence-electron chi connectivity index (χ0n) is 14.2. The molecule has 1 fully saturated rings. The Balaban J connectivity index is 1.54. The molecular formula is C18H15N7O2. The smallest absolute Gasteiger partial charge is 0.298 e. The van der Waals surface area contributed by atoms with Crippen molar-refractivity contribution in [3.05, 3.63) is 48.3 Å². The minimum Gasteiger partial charge on any atom is -0.422 e. The summed E-state index contributed by atoms with van der Waals surface area (Å²) in [4.78, 5) is 26.2. The summed E-state index contributed by atoms with van der Waals surface area (Å²) in [6, 6.07) is 11.2. The van der Waals surface area contributed by atoms with Crippen molar-refractivity contribution in [2.45, 2.75) is 0 Å². The summed E-state index contributed by atoms with van der Waals surface area (Å²) < 4.78 is 5.79. The summed E-state index contributed by atoms with van der Waals surface area (Å²) in [6.07, 6.45) is 3.14. The van der Waals surface area contributed by atoms with Gasteiger partial charge in [-0.2, -0.15) is 5.26 Å². The number of amides is 1. The lowest BCUT2D eigenvalue weighted by Gasteiger charge is -2.24. The highest BCUT2D eigenvalue weighted by atomic mass is 16.4. The fourth-order valence-corrected chi connectivity index (χ4v) is 2.67. The van der Waals surface area contributed by atoms with Crippen molar-refractivity contribution in [2.75, 3.05) is 29.9 Å². The van der Waals surface area contributed by atoms with Crippen LogP contribution in [0.4, 0.5) is 17.7 Å². The summed E-state index contributed by atoms with van der Waals surface area (Å²) in [7, 11) is 0. The van der Waals surface area contributed by atoms with Crippen LogP contribution >= 0.6 is 0 Å². The third-order valence-electron chi connectivity index (χ3n) is 3.95. The van der Waals surface area contributed by atoms with E-state index in [0.29, 0.717) is 47.8 Å². The maximum atomic E-state index is 11.5. The number of hydrogen-bond acceptors (Lipinski definition) is 8. The van der Waals surface area contributed by atoms with Gasteiger partial charge in [0.25, 0.3) is 6.01 Å². The molecule has 0 aliphatic carbocycles. The molecule has 0 aromatic carbocycles. The topological polar surface area (TPSA) is 120 Å². The van der Waals surface area contributed by atoms with Gasteiger partial charge in [-0.1, -0.05) is 6.07 Å². The Morgan fingerprint density at radius 3 is 3.04 bits per heavy atom. The second kappa shape index (κ2) is 7.13. The van der Waals surface area contributed by atoms with E-state index in [1.807, 2.05) is 6.07 Å². The quantitative estimate of drug-likeness (QED) is 0.720. The highest BCUT2D eigenvalue weighted by Crippen LogP contribution is 2.25. The van der Waals surface area contributed by atoms with E-state index in [9.17, 15) is 4.79 Å². The van der Waals surface area contributed by atoms with Gasteiger partial charge in [-0.15, -0.1) is 0 Å². The number of hydrogen-bond donors (Lipinski definition) is 2. The van der Waals surface area contributed by atoms with Crippen molar-refractivity contribution in [3.63, 3.8) is 0 Å². The van der Waals surface area contributed by atoms with Crippen LogP contribution in [0.3, 0.4) is 0 Å². The van der Waals surface area contributed by atoms with Gasteiger partial charge in [0.05, 0.1) is 17.8 Å². The second-order valence-corrected chi connectivity index (χ2v) is 5.85. The van der Waals surface area contributed by atoms with E-state index in [-0.39, 0.29) is 12.5 Å². The van der Waals surface area contributed by atoms with Gasteiger partial charge >= 0.3 is 0 Å². The molecule has 9 heteroatoms. The summed E-state index contributed by atoms with van der Waals surface area (Å²) in [5.41, 5.74) is 1.10. The van der Waals surface area contributed by atoms with Gasteiger partial charge in [-0.3, -0.25) is 4.79 Å². The van der Waals surface area contributed by atoms with Gasteiger partial charge in [-0.05, 0) is 24.3 Å². The monoisotopic (exact) mass is 361 g/mol. The average molecular weight is 361 g/mol. The van der Waals surface area contributed by atoms with Crippen LogP contribution in [0.2, 0.25) is 0 Å². The number of carbonyl (C=O) groups excluding carboxylic acids is 1. The van der Waals surface area contributed by atoms with Crippen LogP contribution in [-0.2, 0) is 4.79 Å². The van der Waals surface area contributed by atoms with Crippen molar-refractivity contribution in [2.24, 2.45) is 0 Å². The molecule has 1 amide bonds. The fraction of sp³-hybridized carbons (Fsp3) is 0.167. The lowest BCUT2D eigenvalue weighted by atomic mass is 10.3. The third-order valence-corrected chi connectivity index (χ3v) is 3.95. The van der Waals surface area contributed by atoms with Crippen LogP contribution < -0.4 is 15.5 Å². The molecular weight excluding hydrogens is 346 g/mol. The van der Waals surface area contributed by atoms with E-state index in [1.165, 1.54) is 0 Å². The van der Waals surface area contributed by atoms with Crippen LogP contribution in [0.5, 0.6) is 0 Å². The van der Waals surface area contributed by atoms with Crippen LogP contribution in [0.25, 0.3) is 11.5 Å². The molecule has 9 nitrogen and oxygen atoms in total. The molecule has 0 bridgehead atoms. The number of rotatable bonds is 4. The van der Waals surface area contributed by atoms with Crippen molar-refractivity contribution in [3.8, 4) is 17.5 Å². The molecule has 0 spiro atoms. The Labute approximate surface area is 154 Å². The minimum atomic E-state index is -0.0579. The normalized spacial score (nSPS) is 13.7. The minimum absolute atomic E-state index is 0.0579. The Morgan fingerprint density at radius 1 is 1.26 bits per heavy atom. The standard InChI is InChI=1S/C18H15N7O2/c19-9-12-4-5-20-16(8-12)24-15-3-1-2-13(23-15)14-10-22-18(27-14)25-7-6-21-17(26)11-25/h1-5,8,10H,6-7,11H2,(H,21,26)(H,20,23,24). The van der Waals surface area contributed by atoms with Gasteiger partial charge in [-0.25, -0.2) is 15.0 Å². The number of piperazine rings is 1. The number of anilines is 3. The van der Waals surface area contributed by atoms with Crippen molar-refractivity contribution >= 4 is 23.6 Å². The molecule has 27 heavy (non-hydrogen) atoms. The first-order valence-corrected chi connectivity index (χ1v) is 8.29. The lowest BCUT2D eigenvalue weighted by molar-refractivity contribution is -0.120. The predicted molar refractivity (Wildman–Crippen MR) is 97.2 cm³/mol. The van der Waals surface area contributed by atoms with E-state index in [2.05, 4.69) is 31.7 Å². The largest absolute Gasteiger partial charge is 0.422 e. The zero-order valence-corrected chi connectivity index (χ0v) is 14.2. The first kappa shape index (κ1) is 16.5. The Morgan fingerprint density at radius 2 is 2.19 bits per heavy atom. The number of nitriles is 1. The van der Waals surface area contributed by atoms with Crippen LogP contribution in [0.15, 0.2) is 47.1 Å². The van der Waals surface area contributed by atoms with Crippen LogP contribution in [0, 0.1) is 11.3 Å². The van der Waals surface area contributed by atoms with Gasteiger partial charge in [0.1, 0.15) is 23.9 Å². The molecule has 3 aromatic heterocycles. The first-order chi connectivity index (χ1) is 13.2. The van der Waals surface area contributed by atoms with Gasteiger partial charge in [0.15, 0.2) is 5.76 Å². The molecule has 1 aliphatic heterocycles. The van der Waals surface area contributed by atoms with E-state index in [4.69, 9.17) is 9.68 Å². The van der Waals surface area contributed by atoms with Gasteiger partial charge < -0.3 is 20.0 Å². The number of aromatic nitrogens is 3. The van der Waals surface area contributed by atoms with Crippen molar-refractivity contribution in [1.29, 1.82) is 5.26 Å². The van der Waals surface area contributed by atoms with E-state index in [1.54, 1.807) is 41.6 Å². The number of nitrogens with zero attached hydrogens (tertiary/aromatic N) is 5. The number of oxazole rings is 1. The maximum Gasteiger partial charge on any atom is 0.298 e. The molecule has 0 atom stereocenters. The molecule has 4 rings (SSSR count). The first-order valence-electron chi connectivity index (χ1n) is 8.29. The van der Waals surface area contributed by atoms with E-state index >= 15 is 0 Å². The molecule has 0 saturated carbocycles. The number of carbonyl (C=O) groups is 1. The van der Waals surface area contributed by atoms with Gasteiger partial charge in [0.2, 0.25) is 5.91 Å². The molecule has 2 N–H and O–H groups in total. The SMILES string of the molecule is N#Cc1ccnc(Nc2cccc(-c3cnc(N4CCNC(=O)C4)o3)n2)c1. The Kier molecular flexibility index (Phi) is 4.37. The summed E-state index contributed by atoms with van der Waals surface area (Å²) >= 11 is 0. The highest BCUT2D eigenvalue weighted by molar-refractivity contribution is 5.81. The van der Waals surface area contributed by atoms with E-state index in [0.717, 1.165) is 0 Å². The summed E-state index contributed by atoms with van der Waals surface area (Å²) in [5, 5.41) is 14.8. The zero-order chi connectivity index (χ0) is 18.6. The Hall–Kier alpha value is -3.93. The molecule has 1 aliphatic rings. The molecule has 0 unspecified atom stereocenters. The average Bonchev–Trinajstić information content (AvgIpc) is 3.19. The van der Waals surface area contributed by atoms with Crippen molar-refractivity contribution < 1.29 is 9.21 Å². The fourth-order valence-electron chi connectivity index (χ4n) is 2.67. The number of pyridine rings is 2. The Bertz CT molecular complexity index is 1020. The molecule has 134 valence electrons. The second-order valence-electron chi connectivity index (χ2n) is 5.85. The predicted octanol–water partition coefficient (Wildman–Crippen LogP) is 1.68. The third kappa shape index (κ3) is 3.69. The van der Waals surface area contributed by atoms with Crippen molar-refractivity contribution in [1.82, 2.24) is 20.3 Å². The molecule has 0 radical (unpaired) electrons. The lowest BCUT2D eigenvalue weighted by Crippen LogP contribution is -2.47. The maximum absolute atomic E-state index is 11.5. The summed E-state index contributed by atoms with van der Waals surface area (Å²) in [6.45, 7) is 1.42. The molecule has 3 aromatic rings. The highest BCUT2D eigenvalue weighted by Gasteiger charge is 2.21. The van der Waals surface area contributed by atoms with Gasteiger partial charge in [0, 0.05) is 19.3 Å². The van der Waals surface area contributed by atoms with E-state index < -0.39 is 0 Å². The van der Waals surface area contributed by atoms with Crippen LogP contribution in [-0.4, -0.2) is 40.5 Å². The summed E-state index contributed by atoms with van der Waals surface area (Å²) in [5.74, 6) is 1.53. The molecule has 4 heterocycles.